The molecule has 2 nitrogen and oxygen atoms in total. The zero-order chi connectivity index (χ0) is 12.2. The molecule has 1 atom stereocenters. The molecule has 0 bridgehead atoms. The van der Waals surface area contributed by atoms with Crippen LogP contribution < -0.4 is 5.32 Å². The average molecular weight is 229 g/mol. The lowest BCUT2D eigenvalue weighted by atomic mass is 9.95. The third-order valence-electron chi connectivity index (χ3n) is 3.12. The molecule has 1 unspecified atom stereocenters. The topological polar surface area (TPSA) is 21.3 Å². The van der Waals surface area contributed by atoms with Crippen LogP contribution in [0.5, 0.6) is 0 Å². The summed E-state index contributed by atoms with van der Waals surface area (Å²) in [5, 5.41) is 3.60. The molecule has 1 N–H and O–H groups in total. The summed E-state index contributed by atoms with van der Waals surface area (Å²) >= 11 is 0. The predicted octanol–water partition coefficient (Wildman–Crippen LogP) is 3.61. The molecule has 0 aliphatic heterocycles. The third-order valence-corrected chi connectivity index (χ3v) is 3.12. The Bertz CT molecular complexity index is 135. The largest absolute Gasteiger partial charge is 0.380 e. The minimum Gasteiger partial charge on any atom is -0.380 e. The molecule has 0 saturated carbocycles. The average Bonchev–Trinajstić information content (AvgIpc) is 2.32. The molecule has 0 rings (SSSR count). The molecule has 2 heteroatoms. The molecule has 0 aliphatic rings. The normalized spacial score (nSPS) is 13.3. The second-order valence-electron chi connectivity index (χ2n) is 4.64. The lowest BCUT2D eigenvalue weighted by Crippen LogP contribution is -2.36. The van der Waals surface area contributed by atoms with Crippen LogP contribution in [0.4, 0.5) is 0 Å². The van der Waals surface area contributed by atoms with E-state index in [1.54, 1.807) is 0 Å². The molecular formula is C14H31NO. The van der Waals surface area contributed by atoms with Crippen molar-refractivity contribution in [1.82, 2.24) is 5.32 Å². The molecule has 0 radical (unpaired) electrons. The maximum absolute atomic E-state index is 5.67. The van der Waals surface area contributed by atoms with Crippen LogP contribution in [-0.2, 0) is 4.74 Å². The van der Waals surface area contributed by atoms with Gasteiger partial charge in [-0.05, 0) is 31.7 Å². The van der Waals surface area contributed by atoms with Crippen LogP contribution in [-0.4, -0.2) is 25.8 Å². The zero-order valence-electron chi connectivity index (χ0n) is 11.7. The van der Waals surface area contributed by atoms with Crippen molar-refractivity contribution in [3.8, 4) is 0 Å². The fourth-order valence-corrected chi connectivity index (χ4v) is 1.95. The molecule has 0 aromatic heterocycles. The van der Waals surface area contributed by atoms with E-state index in [9.17, 15) is 0 Å². The van der Waals surface area contributed by atoms with Gasteiger partial charge in [0.25, 0.3) is 0 Å². The summed E-state index contributed by atoms with van der Waals surface area (Å²) in [6, 6.07) is 0.552. The molecule has 0 aromatic rings. The Morgan fingerprint density at radius 2 is 1.69 bits per heavy atom. The summed E-state index contributed by atoms with van der Waals surface area (Å²) in [5.74, 6) is 0.847. The van der Waals surface area contributed by atoms with Crippen LogP contribution in [0, 0.1) is 5.92 Å². The van der Waals surface area contributed by atoms with Gasteiger partial charge in [0.2, 0.25) is 0 Å². The van der Waals surface area contributed by atoms with E-state index in [0.717, 1.165) is 32.1 Å². The molecule has 98 valence electrons. The molecule has 0 aliphatic carbocycles. The van der Waals surface area contributed by atoms with Gasteiger partial charge in [0.15, 0.2) is 0 Å². The minimum atomic E-state index is 0.552. The van der Waals surface area contributed by atoms with Gasteiger partial charge in [-0.2, -0.15) is 0 Å². The van der Waals surface area contributed by atoms with Crippen molar-refractivity contribution in [2.75, 3.05) is 19.8 Å². The minimum absolute atomic E-state index is 0.552. The Balaban J connectivity index is 3.87. The summed E-state index contributed by atoms with van der Waals surface area (Å²) < 4.78 is 5.67. The quantitative estimate of drug-likeness (QED) is 0.547. The SMILES string of the molecule is CCCNC(COCCC)CC(CC)CC. The van der Waals surface area contributed by atoms with Gasteiger partial charge < -0.3 is 10.1 Å². The van der Waals surface area contributed by atoms with Crippen LogP contribution >= 0.6 is 0 Å². The third kappa shape index (κ3) is 8.12. The molecule has 0 heterocycles. The van der Waals surface area contributed by atoms with Crippen LogP contribution in [0.2, 0.25) is 0 Å². The van der Waals surface area contributed by atoms with Crippen molar-refractivity contribution in [2.45, 2.75) is 65.8 Å². The standard InChI is InChI=1S/C14H31NO/c1-5-9-15-14(12-16-10-6-2)11-13(7-3)8-4/h13-15H,5-12H2,1-4H3. The number of hydrogen-bond acceptors (Lipinski definition) is 2. The van der Waals surface area contributed by atoms with Crippen molar-refractivity contribution in [2.24, 2.45) is 5.92 Å². The van der Waals surface area contributed by atoms with Gasteiger partial charge in [-0.15, -0.1) is 0 Å². The monoisotopic (exact) mass is 229 g/mol. The van der Waals surface area contributed by atoms with E-state index < -0.39 is 0 Å². The van der Waals surface area contributed by atoms with Crippen molar-refractivity contribution in [1.29, 1.82) is 0 Å². The van der Waals surface area contributed by atoms with Crippen molar-refractivity contribution >= 4 is 0 Å². The lowest BCUT2D eigenvalue weighted by molar-refractivity contribution is 0.103. The predicted molar refractivity (Wildman–Crippen MR) is 71.9 cm³/mol. The van der Waals surface area contributed by atoms with Gasteiger partial charge in [-0.25, -0.2) is 0 Å². The second-order valence-corrected chi connectivity index (χ2v) is 4.64. The zero-order valence-corrected chi connectivity index (χ0v) is 11.7. The summed E-state index contributed by atoms with van der Waals surface area (Å²) in [7, 11) is 0. The summed E-state index contributed by atoms with van der Waals surface area (Å²) in [5.41, 5.74) is 0. The van der Waals surface area contributed by atoms with Crippen molar-refractivity contribution in [3.05, 3.63) is 0 Å². The van der Waals surface area contributed by atoms with Crippen LogP contribution in [0.3, 0.4) is 0 Å². The van der Waals surface area contributed by atoms with E-state index in [1.165, 1.54) is 25.7 Å². The molecule has 16 heavy (non-hydrogen) atoms. The van der Waals surface area contributed by atoms with Gasteiger partial charge in [0.1, 0.15) is 0 Å². The molecule has 0 amide bonds. The Morgan fingerprint density at radius 1 is 1.00 bits per heavy atom. The van der Waals surface area contributed by atoms with E-state index >= 15 is 0 Å². The first kappa shape index (κ1) is 15.9. The van der Waals surface area contributed by atoms with Crippen LogP contribution in [0.15, 0.2) is 0 Å². The maximum Gasteiger partial charge on any atom is 0.0619 e. The van der Waals surface area contributed by atoms with E-state index in [2.05, 4.69) is 33.0 Å². The Labute approximate surface area is 102 Å². The van der Waals surface area contributed by atoms with Crippen LogP contribution in [0.25, 0.3) is 0 Å². The Hall–Kier alpha value is -0.0800. The van der Waals surface area contributed by atoms with E-state index in [-0.39, 0.29) is 0 Å². The summed E-state index contributed by atoms with van der Waals surface area (Å²) in [6.07, 6.45) is 6.15. The van der Waals surface area contributed by atoms with E-state index in [4.69, 9.17) is 4.74 Å². The molecule has 0 fully saturated rings. The first-order chi connectivity index (χ1) is 7.78. The summed E-state index contributed by atoms with van der Waals surface area (Å²) in [6.45, 7) is 11.8. The first-order valence-electron chi connectivity index (χ1n) is 7.09. The fraction of sp³-hybridized carbons (Fsp3) is 1.00. The second kappa shape index (κ2) is 11.4. The highest BCUT2D eigenvalue weighted by Gasteiger charge is 2.13. The first-order valence-corrected chi connectivity index (χ1v) is 7.09. The van der Waals surface area contributed by atoms with Gasteiger partial charge in [-0.1, -0.05) is 40.5 Å². The van der Waals surface area contributed by atoms with Crippen molar-refractivity contribution < 1.29 is 4.74 Å². The van der Waals surface area contributed by atoms with Gasteiger partial charge >= 0.3 is 0 Å². The molecule has 0 saturated heterocycles. The Morgan fingerprint density at radius 3 is 2.19 bits per heavy atom. The number of hydrogen-bond donors (Lipinski definition) is 1. The van der Waals surface area contributed by atoms with E-state index in [1.807, 2.05) is 0 Å². The molecule has 0 aromatic carbocycles. The highest BCUT2D eigenvalue weighted by atomic mass is 16.5. The van der Waals surface area contributed by atoms with E-state index in [0.29, 0.717) is 6.04 Å². The van der Waals surface area contributed by atoms with Gasteiger partial charge in [-0.3, -0.25) is 0 Å². The maximum atomic E-state index is 5.67. The number of rotatable bonds is 11. The Kier molecular flexibility index (Phi) is 11.3. The van der Waals surface area contributed by atoms with Gasteiger partial charge in [0, 0.05) is 12.6 Å². The highest BCUT2D eigenvalue weighted by Crippen LogP contribution is 2.15. The lowest BCUT2D eigenvalue weighted by Gasteiger charge is -2.23. The molecule has 0 spiro atoms. The fourth-order valence-electron chi connectivity index (χ4n) is 1.95. The smallest absolute Gasteiger partial charge is 0.0619 e. The van der Waals surface area contributed by atoms with Gasteiger partial charge in [0.05, 0.1) is 6.61 Å². The van der Waals surface area contributed by atoms with Crippen LogP contribution in [0.1, 0.15) is 59.8 Å². The number of nitrogens with one attached hydrogen (secondary N) is 1. The molecular weight excluding hydrogens is 198 g/mol. The number of ether oxygens (including phenoxy) is 1. The van der Waals surface area contributed by atoms with Crippen molar-refractivity contribution in [3.63, 3.8) is 0 Å². The summed E-state index contributed by atoms with van der Waals surface area (Å²) in [4.78, 5) is 0. The highest BCUT2D eigenvalue weighted by molar-refractivity contribution is 4.70.